The van der Waals surface area contributed by atoms with Crippen molar-refractivity contribution in [2.45, 2.75) is 12.5 Å². The van der Waals surface area contributed by atoms with Gasteiger partial charge in [-0.2, -0.15) is 0 Å². The third-order valence-electron chi connectivity index (χ3n) is 2.74. The van der Waals surface area contributed by atoms with Crippen LogP contribution >= 0.6 is 11.6 Å². The highest BCUT2D eigenvalue weighted by Crippen LogP contribution is 2.26. The zero-order chi connectivity index (χ0) is 9.42. The van der Waals surface area contributed by atoms with Crippen molar-refractivity contribution >= 4 is 17.5 Å². The molecule has 2 unspecified atom stereocenters. The number of carbonyl (C=O) groups is 1. The molecule has 0 aromatic carbocycles. The van der Waals surface area contributed by atoms with Gasteiger partial charge in [-0.1, -0.05) is 6.58 Å². The zero-order valence-electron chi connectivity index (χ0n) is 7.50. The molecule has 2 heterocycles. The lowest BCUT2D eigenvalue weighted by Crippen LogP contribution is -2.48. The van der Waals surface area contributed by atoms with E-state index in [1.165, 1.54) is 0 Å². The number of piperazine rings is 1. The minimum atomic E-state index is -0.00165. The van der Waals surface area contributed by atoms with Gasteiger partial charge >= 0.3 is 0 Å². The smallest absolute Gasteiger partial charge is 0.241 e. The standard InChI is InChI=1S/C9H13ClN2O/c1-7-5-11-3-2-8(6-11)12(7)9(13)4-10/h8H,1-6H2. The second-order valence-electron chi connectivity index (χ2n) is 3.64. The minimum absolute atomic E-state index is 0.00165. The van der Waals surface area contributed by atoms with E-state index in [-0.39, 0.29) is 11.8 Å². The number of alkyl halides is 1. The molecule has 2 aliphatic heterocycles. The van der Waals surface area contributed by atoms with Crippen LogP contribution in [-0.4, -0.2) is 47.3 Å². The maximum absolute atomic E-state index is 11.5. The van der Waals surface area contributed by atoms with E-state index in [1.54, 1.807) is 4.90 Å². The lowest BCUT2D eigenvalue weighted by Gasteiger charge is -2.35. The van der Waals surface area contributed by atoms with Crippen molar-refractivity contribution < 1.29 is 4.79 Å². The fourth-order valence-corrected chi connectivity index (χ4v) is 2.33. The Labute approximate surface area is 82.9 Å². The lowest BCUT2D eigenvalue weighted by molar-refractivity contribution is -0.129. The van der Waals surface area contributed by atoms with E-state index in [4.69, 9.17) is 11.6 Å². The van der Waals surface area contributed by atoms with Gasteiger partial charge in [0.15, 0.2) is 0 Å². The third-order valence-corrected chi connectivity index (χ3v) is 2.97. The Bertz CT molecular complexity index is 254. The Morgan fingerprint density at radius 3 is 3.15 bits per heavy atom. The Morgan fingerprint density at radius 1 is 1.69 bits per heavy atom. The van der Waals surface area contributed by atoms with Gasteiger partial charge in [-0.15, -0.1) is 11.6 Å². The molecule has 2 bridgehead atoms. The molecule has 3 nitrogen and oxygen atoms in total. The van der Waals surface area contributed by atoms with Gasteiger partial charge < -0.3 is 4.90 Å². The van der Waals surface area contributed by atoms with Gasteiger partial charge in [-0.25, -0.2) is 0 Å². The van der Waals surface area contributed by atoms with Crippen LogP contribution in [0.15, 0.2) is 12.3 Å². The minimum Gasteiger partial charge on any atom is -0.310 e. The van der Waals surface area contributed by atoms with Crippen molar-refractivity contribution in [1.82, 2.24) is 9.80 Å². The number of fused-ring (bicyclic) bond motifs is 2. The molecule has 2 aliphatic rings. The summed E-state index contributed by atoms with van der Waals surface area (Å²) < 4.78 is 0. The number of amides is 1. The molecule has 0 spiro atoms. The Morgan fingerprint density at radius 2 is 2.46 bits per heavy atom. The molecule has 0 aromatic rings. The molecule has 2 saturated heterocycles. The van der Waals surface area contributed by atoms with E-state index < -0.39 is 0 Å². The zero-order valence-corrected chi connectivity index (χ0v) is 8.26. The molecular formula is C9H13ClN2O. The molecule has 0 aliphatic carbocycles. The molecule has 72 valence electrons. The van der Waals surface area contributed by atoms with Crippen LogP contribution in [0.1, 0.15) is 6.42 Å². The van der Waals surface area contributed by atoms with Crippen molar-refractivity contribution in [3.8, 4) is 0 Å². The van der Waals surface area contributed by atoms with Gasteiger partial charge in [-0.3, -0.25) is 9.69 Å². The van der Waals surface area contributed by atoms with Crippen LogP contribution < -0.4 is 0 Å². The molecule has 0 N–H and O–H groups in total. The second kappa shape index (κ2) is 3.31. The Balaban J connectivity index is 2.16. The average molecular weight is 201 g/mol. The maximum atomic E-state index is 11.5. The number of hydrogen-bond donors (Lipinski definition) is 0. The van der Waals surface area contributed by atoms with Crippen LogP contribution in [0.25, 0.3) is 0 Å². The summed E-state index contributed by atoms with van der Waals surface area (Å²) in [4.78, 5) is 15.6. The number of rotatable bonds is 1. The summed E-state index contributed by atoms with van der Waals surface area (Å²) in [6.45, 7) is 6.80. The molecule has 2 rings (SSSR count). The molecule has 4 heteroatoms. The summed E-state index contributed by atoms with van der Waals surface area (Å²) in [5.74, 6) is 0.0633. The summed E-state index contributed by atoms with van der Waals surface area (Å²) in [6.07, 6.45) is 1.06. The summed E-state index contributed by atoms with van der Waals surface area (Å²) in [5.41, 5.74) is 0.902. The third kappa shape index (κ3) is 1.46. The van der Waals surface area contributed by atoms with E-state index in [1.807, 2.05) is 0 Å². The summed E-state index contributed by atoms with van der Waals surface area (Å²) >= 11 is 5.54. The predicted molar refractivity (Wildman–Crippen MR) is 51.6 cm³/mol. The molecule has 2 atom stereocenters. The highest BCUT2D eigenvalue weighted by molar-refractivity contribution is 6.27. The van der Waals surface area contributed by atoms with E-state index in [0.29, 0.717) is 6.04 Å². The highest BCUT2D eigenvalue weighted by Gasteiger charge is 2.36. The molecule has 0 saturated carbocycles. The molecule has 0 aromatic heterocycles. The van der Waals surface area contributed by atoms with Crippen LogP contribution in [0.3, 0.4) is 0 Å². The van der Waals surface area contributed by atoms with Crippen LogP contribution in [0, 0.1) is 0 Å². The van der Waals surface area contributed by atoms with Crippen LogP contribution in [0.2, 0.25) is 0 Å². The highest BCUT2D eigenvalue weighted by atomic mass is 35.5. The molecule has 13 heavy (non-hydrogen) atoms. The van der Waals surface area contributed by atoms with E-state index in [0.717, 1.165) is 31.8 Å². The van der Waals surface area contributed by atoms with Gasteiger partial charge in [0, 0.05) is 25.3 Å². The fourth-order valence-electron chi connectivity index (χ4n) is 2.20. The largest absolute Gasteiger partial charge is 0.310 e. The van der Waals surface area contributed by atoms with Crippen LogP contribution in [-0.2, 0) is 4.79 Å². The normalized spacial score (nSPS) is 32.4. The first-order valence-corrected chi connectivity index (χ1v) is 5.04. The first kappa shape index (κ1) is 9.03. The van der Waals surface area contributed by atoms with Gasteiger partial charge in [0.25, 0.3) is 0 Å². The number of halogens is 1. The summed E-state index contributed by atoms with van der Waals surface area (Å²) in [5, 5.41) is 0. The van der Waals surface area contributed by atoms with Gasteiger partial charge in [0.2, 0.25) is 5.91 Å². The van der Waals surface area contributed by atoms with Crippen LogP contribution in [0.5, 0.6) is 0 Å². The topological polar surface area (TPSA) is 23.6 Å². The molecule has 1 amide bonds. The number of hydrogen-bond acceptors (Lipinski definition) is 2. The first-order chi connectivity index (χ1) is 6.22. The fraction of sp³-hybridized carbons (Fsp3) is 0.667. The van der Waals surface area contributed by atoms with Gasteiger partial charge in [-0.05, 0) is 6.42 Å². The van der Waals surface area contributed by atoms with Crippen molar-refractivity contribution in [3.63, 3.8) is 0 Å². The maximum Gasteiger partial charge on any atom is 0.241 e. The van der Waals surface area contributed by atoms with Gasteiger partial charge in [0.1, 0.15) is 5.88 Å². The van der Waals surface area contributed by atoms with Crippen molar-refractivity contribution in [2.75, 3.05) is 25.5 Å². The molecular weight excluding hydrogens is 188 g/mol. The van der Waals surface area contributed by atoms with Crippen LogP contribution in [0.4, 0.5) is 0 Å². The van der Waals surface area contributed by atoms with Gasteiger partial charge in [0.05, 0.1) is 6.04 Å². The molecule has 2 fully saturated rings. The first-order valence-electron chi connectivity index (χ1n) is 4.50. The van der Waals surface area contributed by atoms with Crippen molar-refractivity contribution in [1.29, 1.82) is 0 Å². The second-order valence-corrected chi connectivity index (χ2v) is 3.91. The summed E-state index contributed by atoms with van der Waals surface area (Å²) in [6, 6.07) is 0.326. The lowest BCUT2D eigenvalue weighted by atomic mass is 10.2. The van der Waals surface area contributed by atoms with Crippen molar-refractivity contribution in [2.24, 2.45) is 0 Å². The predicted octanol–water partition coefficient (Wildman–Crippen LogP) is 0.655. The van der Waals surface area contributed by atoms with E-state index >= 15 is 0 Å². The SMILES string of the molecule is C=C1CN2CCC(C2)N1C(=O)CCl. The monoisotopic (exact) mass is 200 g/mol. The summed E-state index contributed by atoms with van der Waals surface area (Å²) in [7, 11) is 0. The molecule has 0 radical (unpaired) electrons. The number of carbonyl (C=O) groups excluding carboxylic acids is 1. The Hall–Kier alpha value is -0.540. The number of nitrogens with zero attached hydrogens (tertiary/aromatic N) is 2. The quantitative estimate of drug-likeness (QED) is 0.581. The van der Waals surface area contributed by atoms with Crippen molar-refractivity contribution in [3.05, 3.63) is 12.3 Å². The average Bonchev–Trinajstić information content (AvgIpc) is 2.48. The van der Waals surface area contributed by atoms with E-state index in [9.17, 15) is 4.79 Å². The van der Waals surface area contributed by atoms with E-state index in [2.05, 4.69) is 11.5 Å². The Kier molecular flexibility index (Phi) is 2.30.